The molecule has 35 heavy (non-hydrogen) atoms. The zero-order valence-corrected chi connectivity index (χ0v) is 20.5. The number of aromatic nitrogens is 1. The molecule has 2 aromatic carbocycles. The van der Waals surface area contributed by atoms with E-state index in [1.807, 2.05) is 39.1 Å². The number of fused-ring (bicyclic) bond motifs is 1. The SMILES string of the molecule is CC(C)(C)Nc1c(C#N)cnc2c(Cl)cc(NC(C3=CN(C4CC4)NN3)c3ccc(F)cc3)cc12. The van der Waals surface area contributed by atoms with Crippen molar-refractivity contribution in [3.05, 3.63) is 76.5 Å². The Bertz CT molecular complexity index is 1340. The first-order valence-corrected chi connectivity index (χ1v) is 11.9. The molecule has 1 saturated carbocycles. The van der Waals surface area contributed by atoms with E-state index < -0.39 is 0 Å². The molecule has 1 unspecified atom stereocenters. The molecule has 1 aliphatic heterocycles. The summed E-state index contributed by atoms with van der Waals surface area (Å²) in [7, 11) is 0. The molecule has 180 valence electrons. The van der Waals surface area contributed by atoms with Crippen LogP contribution in [0, 0.1) is 17.1 Å². The summed E-state index contributed by atoms with van der Waals surface area (Å²) < 4.78 is 13.7. The molecule has 1 atom stereocenters. The monoisotopic (exact) mass is 491 g/mol. The van der Waals surface area contributed by atoms with Crippen LogP contribution in [0.2, 0.25) is 5.02 Å². The van der Waals surface area contributed by atoms with Gasteiger partial charge in [0.2, 0.25) is 0 Å². The van der Waals surface area contributed by atoms with E-state index in [4.69, 9.17) is 11.6 Å². The Morgan fingerprint density at radius 2 is 1.97 bits per heavy atom. The predicted octanol–water partition coefficient (Wildman–Crippen LogP) is 5.59. The van der Waals surface area contributed by atoms with Crippen LogP contribution in [0.1, 0.15) is 50.8 Å². The van der Waals surface area contributed by atoms with E-state index in [0.29, 0.717) is 27.8 Å². The number of rotatable bonds is 6. The maximum absolute atomic E-state index is 13.7. The highest BCUT2D eigenvalue weighted by Gasteiger charge is 2.32. The fourth-order valence-electron chi connectivity index (χ4n) is 4.14. The number of benzene rings is 2. The van der Waals surface area contributed by atoms with Gasteiger partial charge in [0.05, 0.1) is 33.5 Å². The summed E-state index contributed by atoms with van der Waals surface area (Å²) in [6, 6.07) is 12.6. The number of nitriles is 1. The molecule has 5 rings (SSSR count). The number of hydrogen-bond donors (Lipinski definition) is 4. The van der Waals surface area contributed by atoms with Crippen LogP contribution >= 0.6 is 11.6 Å². The van der Waals surface area contributed by atoms with Crippen molar-refractivity contribution >= 4 is 33.9 Å². The fourth-order valence-corrected chi connectivity index (χ4v) is 4.41. The highest BCUT2D eigenvalue weighted by molar-refractivity contribution is 6.35. The molecule has 0 bridgehead atoms. The number of pyridine rings is 1. The lowest BCUT2D eigenvalue weighted by Gasteiger charge is -2.25. The van der Waals surface area contributed by atoms with E-state index in [0.717, 1.165) is 35.2 Å². The van der Waals surface area contributed by atoms with Crippen LogP contribution in [-0.4, -0.2) is 21.6 Å². The molecular formula is C26H27ClFN7. The van der Waals surface area contributed by atoms with Gasteiger partial charge >= 0.3 is 0 Å². The Hall–Kier alpha value is -3.54. The molecular weight excluding hydrogens is 465 g/mol. The quantitative estimate of drug-likeness (QED) is 0.357. The van der Waals surface area contributed by atoms with Crippen LogP contribution in [0.4, 0.5) is 15.8 Å². The first-order valence-electron chi connectivity index (χ1n) is 11.6. The lowest BCUT2D eigenvalue weighted by atomic mass is 10.0. The molecule has 0 spiro atoms. The lowest BCUT2D eigenvalue weighted by Crippen LogP contribution is -2.38. The minimum absolute atomic E-state index is 0.275. The molecule has 1 aliphatic carbocycles. The maximum atomic E-state index is 13.7. The van der Waals surface area contributed by atoms with Crippen molar-refractivity contribution in [2.75, 3.05) is 10.6 Å². The largest absolute Gasteiger partial charge is 0.379 e. The minimum atomic E-state index is -0.300. The van der Waals surface area contributed by atoms with Gasteiger partial charge in [0.15, 0.2) is 0 Å². The molecule has 2 aliphatic rings. The summed E-state index contributed by atoms with van der Waals surface area (Å²) in [5.41, 5.74) is 10.5. The fraction of sp³-hybridized carbons (Fsp3) is 0.308. The lowest BCUT2D eigenvalue weighted by molar-refractivity contribution is 0.260. The zero-order chi connectivity index (χ0) is 24.7. The van der Waals surface area contributed by atoms with E-state index in [1.54, 1.807) is 18.3 Å². The van der Waals surface area contributed by atoms with Crippen LogP contribution in [0.5, 0.6) is 0 Å². The second-order valence-corrected chi connectivity index (χ2v) is 10.4. The van der Waals surface area contributed by atoms with Crippen LogP contribution in [0.25, 0.3) is 10.9 Å². The normalized spacial score (nSPS) is 16.5. The predicted molar refractivity (Wildman–Crippen MR) is 137 cm³/mol. The molecule has 1 fully saturated rings. The second-order valence-electron chi connectivity index (χ2n) is 9.98. The minimum Gasteiger partial charge on any atom is -0.379 e. The molecule has 3 aromatic rings. The highest BCUT2D eigenvalue weighted by Crippen LogP contribution is 2.37. The van der Waals surface area contributed by atoms with E-state index >= 15 is 0 Å². The van der Waals surface area contributed by atoms with Gasteiger partial charge in [0.25, 0.3) is 0 Å². The van der Waals surface area contributed by atoms with Crippen molar-refractivity contribution in [3.63, 3.8) is 0 Å². The summed E-state index contributed by atoms with van der Waals surface area (Å²) in [5, 5.41) is 20.0. The van der Waals surface area contributed by atoms with Gasteiger partial charge in [0, 0.05) is 35.1 Å². The maximum Gasteiger partial charge on any atom is 0.123 e. The average molecular weight is 492 g/mol. The van der Waals surface area contributed by atoms with E-state index in [2.05, 4.69) is 37.7 Å². The zero-order valence-electron chi connectivity index (χ0n) is 19.8. The van der Waals surface area contributed by atoms with Crippen LogP contribution in [0.15, 0.2) is 54.5 Å². The van der Waals surface area contributed by atoms with Crippen molar-refractivity contribution < 1.29 is 4.39 Å². The Kier molecular flexibility index (Phi) is 5.91. The Morgan fingerprint density at radius 3 is 2.63 bits per heavy atom. The number of hydrazine groups is 2. The third kappa shape index (κ3) is 4.97. The van der Waals surface area contributed by atoms with Gasteiger partial charge in [-0.05, 0) is 63.4 Å². The van der Waals surface area contributed by atoms with Crippen LogP contribution < -0.4 is 21.6 Å². The van der Waals surface area contributed by atoms with Gasteiger partial charge < -0.3 is 16.1 Å². The molecule has 4 N–H and O–H groups in total. The molecule has 1 aromatic heterocycles. The smallest absolute Gasteiger partial charge is 0.123 e. The van der Waals surface area contributed by atoms with Gasteiger partial charge in [-0.15, -0.1) is 5.53 Å². The number of anilines is 2. The highest BCUT2D eigenvalue weighted by atomic mass is 35.5. The van der Waals surface area contributed by atoms with Gasteiger partial charge in [0.1, 0.15) is 11.9 Å². The number of nitrogens with zero attached hydrogens (tertiary/aromatic N) is 3. The Balaban J connectivity index is 1.58. The standard InChI is InChI=1S/C26H27ClFN7/c1-26(2,3)32-23-16(12-29)13-30-25-20(23)10-18(11-21(25)27)31-24(15-4-6-17(28)7-5-15)22-14-35(34-33-22)19-8-9-19/h4-7,10-11,13-14,19,24,31,33-34H,8-9H2,1-3H3,(H,30,32). The number of hydrogen-bond acceptors (Lipinski definition) is 7. The molecule has 0 amide bonds. The first-order chi connectivity index (χ1) is 16.7. The van der Waals surface area contributed by atoms with Gasteiger partial charge in [-0.1, -0.05) is 23.7 Å². The first kappa shape index (κ1) is 23.2. The topological polar surface area (TPSA) is 88.0 Å². The Morgan fingerprint density at radius 1 is 1.23 bits per heavy atom. The van der Waals surface area contributed by atoms with Crippen molar-refractivity contribution in [1.29, 1.82) is 5.26 Å². The van der Waals surface area contributed by atoms with Crippen molar-refractivity contribution in [2.45, 2.75) is 51.2 Å². The summed E-state index contributed by atoms with van der Waals surface area (Å²) in [6.07, 6.45) is 5.88. The number of halogens is 2. The van der Waals surface area contributed by atoms with Crippen LogP contribution in [-0.2, 0) is 0 Å². The summed E-state index contributed by atoms with van der Waals surface area (Å²) in [5.74, 6) is -0.291. The van der Waals surface area contributed by atoms with E-state index in [1.165, 1.54) is 12.1 Å². The van der Waals surface area contributed by atoms with Gasteiger partial charge in [-0.25, -0.2) is 4.39 Å². The molecule has 7 nitrogen and oxygen atoms in total. The Labute approximate surface area is 208 Å². The molecule has 0 saturated heterocycles. The van der Waals surface area contributed by atoms with Crippen molar-refractivity contribution in [2.24, 2.45) is 0 Å². The molecule has 2 heterocycles. The molecule has 0 radical (unpaired) electrons. The van der Waals surface area contributed by atoms with Gasteiger partial charge in [-0.2, -0.15) is 5.26 Å². The summed E-state index contributed by atoms with van der Waals surface area (Å²) in [4.78, 5) is 4.44. The third-order valence-corrected chi connectivity index (χ3v) is 6.21. The van der Waals surface area contributed by atoms with Crippen molar-refractivity contribution in [1.82, 2.24) is 21.0 Å². The van der Waals surface area contributed by atoms with Crippen LogP contribution in [0.3, 0.4) is 0 Å². The molecule has 9 heteroatoms. The summed E-state index contributed by atoms with van der Waals surface area (Å²) in [6.45, 7) is 6.10. The second kappa shape index (κ2) is 8.91. The van der Waals surface area contributed by atoms with E-state index in [-0.39, 0.29) is 17.4 Å². The number of nitrogens with one attached hydrogen (secondary N) is 4. The average Bonchev–Trinajstić information content (AvgIpc) is 3.55. The van der Waals surface area contributed by atoms with E-state index in [9.17, 15) is 9.65 Å². The third-order valence-electron chi connectivity index (χ3n) is 5.92. The van der Waals surface area contributed by atoms with Gasteiger partial charge in [-0.3, -0.25) is 9.99 Å². The van der Waals surface area contributed by atoms with Crippen molar-refractivity contribution in [3.8, 4) is 6.07 Å². The summed E-state index contributed by atoms with van der Waals surface area (Å²) >= 11 is 6.67.